The predicted octanol–water partition coefficient (Wildman–Crippen LogP) is 2.25. The molecule has 0 aliphatic carbocycles. The molecule has 0 saturated heterocycles. The number of aromatic amines is 2. The number of rotatable bonds is 4. The Morgan fingerprint density at radius 2 is 2.12 bits per heavy atom. The van der Waals surface area contributed by atoms with Gasteiger partial charge in [-0.25, -0.2) is 10.4 Å². The van der Waals surface area contributed by atoms with E-state index in [2.05, 4.69) is 30.5 Å². The first-order chi connectivity index (χ1) is 12.3. The van der Waals surface area contributed by atoms with Crippen LogP contribution in [0.2, 0.25) is 0 Å². The minimum Gasteiger partial charge on any atom is -0.496 e. The second-order valence-corrected chi connectivity index (χ2v) is 5.29. The first-order valence-electron chi connectivity index (χ1n) is 7.54. The normalized spacial score (nSPS) is 11.4. The quantitative estimate of drug-likeness (QED) is 0.392. The third-order valence-electron chi connectivity index (χ3n) is 3.81. The topological polar surface area (TPSA) is 108 Å². The van der Waals surface area contributed by atoms with Gasteiger partial charge in [-0.05, 0) is 16.8 Å². The van der Waals surface area contributed by atoms with E-state index in [0.717, 1.165) is 16.3 Å². The van der Waals surface area contributed by atoms with Crippen LogP contribution in [-0.2, 0) is 0 Å². The number of hydrogen-bond acceptors (Lipinski definition) is 6. The number of methoxy groups -OCH3 is 1. The summed E-state index contributed by atoms with van der Waals surface area (Å²) in [6, 6.07) is 11.9. The van der Waals surface area contributed by atoms with Gasteiger partial charge in [-0.15, -0.1) is 0 Å². The number of benzene rings is 2. The maximum Gasteiger partial charge on any atom is 0.276 e. The Morgan fingerprint density at radius 3 is 2.96 bits per heavy atom. The number of hydrazone groups is 1. The molecule has 25 heavy (non-hydrogen) atoms. The predicted molar refractivity (Wildman–Crippen MR) is 96.2 cm³/mol. The molecule has 0 unspecified atom stereocenters. The fourth-order valence-corrected chi connectivity index (χ4v) is 2.64. The molecule has 4 rings (SSSR count). The van der Waals surface area contributed by atoms with Gasteiger partial charge in [0.15, 0.2) is 11.2 Å². The number of H-pyrrole nitrogens is 2. The number of nitrogens with zero attached hydrogens (tertiary/aromatic N) is 3. The number of anilines is 1. The Kier molecular flexibility index (Phi) is 3.62. The molecule has 124 valence electrons. The highest BCUT2D eigenvalue weighted by molar-refractivity contribution is 6.02. The number of aromatic nitrogens is 4. The van der Waals surface area contributed by atoms with E-state index in [9.17, 15) is 4.79 Å². The number of ether oxygens (including phenoxy) is 1. The van der Waals surface area contributed by atoms with Gasteiger partial charge in [-0.2, -0.15) is 10.1 Å². The fourth-order valence-electron chi connectivity index (χ4n) is 2.64. The summed E-state index contributed by atoms with van der Waals surface area (Å²) in [6.45, 7) is 0. The molecule has 0 fully saturated rings. The van der Waals surface area contributed by atoms with E-state index in [1.54, 1.807) is 13.3 Å². The van der Waals surface area contributed by atoms with Crippen molar-refractivity contribution in [3.8, 4) is 5.75 Å². The van der Waals surface area contributed by atoms with E-state index in [1.807, 2.05) is 36.4 Å². The zero-order valence-electron chi connectivity index (χ0n) is 13.3. The van der Waals surface area contributed by atoms with Crippen LogP contribution in [0.1, 0.15) is 5.56 Å². The van der Waals surface area contributed by atoms with Crippen molar-refractivity contribution in [2.24, 2.45) is 5.10 Å². The lowest BCUT2D eigenvalue weighted by Crippen LogP contribution is -2.05. The third-order valence-corrected chi connectivity index (χ3v) is 3.81. The molecule has 8 heteroatoms. The van der Waals surface area contributed by atoms with Crippen molar-refractivity contribution >= 4 is 34.1 Å². The lowest BCUT2D eigenvalue weighted by Gasteiger charge is -2.08. The zero-order valence-corrected chi connectivity index (χ0v) is 13.3. The molecular weight excluding hydrogens is 320 g/mol. The summed E-state index contributed by atoms with van der Waals surface area (Å²) in [7, 11) is 1.62. The molecule has 0 atom stereocenters. The number of nitrogens with one attached hydrogen (secondary N) is 3. The van der Waals surface area contributed by atoms with Gasteiger partial charge in [0.25, 0.3) is 5.56 Å². The summed E-state index contributed by atoms with van der Waals surface area (Å²) in [5.74, 6) is 1.04. The first kappa shape index (κ1) is 14.9. The highest BCUT2D eigenvalue weighted by atomic mass is 16.5. The number of imidazole rings is 1. The molecule has 0 spiro atoms. The monoisotopic (exact) mass is 334 g/mol. The molecule has 0 aliphatic heterocycles. The molecule has 2 aromatic carbocycles. The summed E-state index contributed by atoms with van der Waals surface area (Å²) in [4.78, 5) is 25.1. The summed E-state index contributed by atoms with van der Waals surface area (Å²) >= 11 is 0. The van der Waals surface area contributed by atoms with Gasteiger partial charge in [-0.1, -0.05) is 30.3 Å². The third kappa shape index (κ3) is 2.69. The minimum absolute atomic E-state index is 0.287. The van der Waals surface area contributed by atoms with E-state index in [0.29, 0.717) is 22.9 Å². The van der Waals surface area contributed by atoms with Gasteiger partial charge in [0.05, 0.1) is 19.7 Å². The van der Waals surface area contributed by atoms with Crippen molar-refractivity contribution in [1.82, 2.24) is 19.9 Å². The molecule has 0 saturated carbocycles. The summed E-state index contributed by atoms with van der Waals surface area (Å²) < 4.78 is 5.42. The maximum absolute atomic E-state index is 11.7. The van der Waals surface area contributed by atoms with Gasteiger partial charge in [0, 0.05) is 5.56 Å². The highest BCUT2D eigenvalue weighted by Crippen LogP contribution is 2.26. The lowest BCUT2D eigenvalue weighted by atomic mass is 10.0. The van der Waals surface area contributed by atoms with Crippen LogP contribution in [0.25, 0.3) is 21.9 Å². The number of hydrogen-bond donors (Lipinski definition) is 3. The molecule has 0 bridgehead atoms. The average Bonchev–Trinajstić information content (AvgIpc) is 3.06. The van der Waals surface area contributed by atoms with E-state index in [1.165, 1.54) is 6.33 Å². The Hall–Kier alpha value is -3.68. The van der Waals surface area contributed by atoms with Gasteiger partial charge in [0.2, 0.25) is 5.95 Å². The van der Waals surface area contributed by atoms with E-state index in [4.69, 9.17) is 4.74 Å². The Balaban J connectivity index is 1.68. The molecule has 8 nitrogen and oxygen atoms in total. The lowest BCUT2D eigenvalue weighted by molar-refractivity contribution is 0.415. The maximum atomic E-state index is 11.7. The fraction of sp³-hybridized carbons (Fsp3) is 0.0588. The molecule has 2 heterocycles. The van der Waals surface area contributed by atoms with Crippen LogP contribution >= 0.6 is 0 Å². The van der Waals surface area contributed by atoms with Crippen LogP contribution in [0.15, 0.2) is 52.6 Å². The van der Waals surface area contributed by atoms with Crippen LogP contribution in [0, 0.1) is 0 Å². The van der Waals surface area contributed by atoms with Gasteiger partial charge >= 0.3 is 0 Å². The molecule has 0 radical (unpaired) electrons. The van der Waals surface area contributed by atoms with Crippen LogP contribution in [0.4, 0.5) is 5.95 Å². The molecule has 3 N–H and O–H groups in total. The average molecular weight is 334 g/mol. The van der Waals surface area contributed by atoms with E-state index >= 15 is 0 Å². The second kappa shape index (κ2) is 6.08. The Bertz CT molecular complexity index is 1140. The van der Waals surface area contributed by atoms with Crippen LogP contribution < -0.4 is 15.7 Å². The molecular formula is C17H14N6O2. The van der Waals surface area contributed by atoms with Gasteiger partial charge in [-0.3, -0.25) is 4.79 Å². The molecule has 0 amide bonds. The molecule has 2 aromatic heterocycles. The van der Waals surface area contributed by atoms with Crippen LogP contribution in [-0.4, -0.2) is 33.3 Å². The van der Waals surface area contributed by atoms with Gasteiger partial charge in [0.1, 0.15) is 5.75 Å². The molecule has 4 aromatic rings. The summed E-state index contributed by atoms with van der Waals surface area (Å²) in [6.07, 6.45) is 2.96. The Morgan fingerprint density at radius 1 is 1.24 bits per heavy atom. The van der Waals surface area contributed by atoms with E-state index < -0.39 is 0 Å². The van der Waals surface area contributed by atoms with Crippen LogP contribution in [0.5, 0.6) is 5.75 Å². The van der Waals surface area contributed by atoms with Crippen molar-refractivity contribution in [2.75, 3.05) is 12.5 Å². The SMILES string of the molecule is COc1ccc2ccccc2c1/C=N/Nc1nc2nc[nH]c(=O)c2[nH]1. The second-order valence-electron chi connectivity index (χ2n) is 5.29. The van der Waals surface area contributed by atoms with Crippen molar-refractivity contribution in [1.29, 1.82) is 0 Å². The van der Waals surface area contributed by atoms with Crippen molar-refractivity contribution in [3.63, 3.8) is 0 Å². The largest absolute Gasteiger partial charge is 0.496 e. The van der Waals surface area contributed by atoms with Crippen molar-refractivity contribution < 1.29 is 4.74 Å². The highest BCUT2D eigenvalue weighted by Gasteiger charge is 2.07. The van der Waals surface area contributed by atoms with Crippen molar-refractivity contribution in [2.45, 2.75) is 0 Å². The smallest absolute Gasteiger partial charge is 0.276 e. The van der Waals surface area contributed by atoms with Crippen molar-refractivity contribution in [3.05, 3.63) is 58.6 Å². The first-order valence-corrected chi connectivity index (χ1v) is 7.54. The molecule has 0 aliphatic rings. The Labute approximate surface area is 141 Å². The van der Waals surface area contributed by atoms with Crippen LogP contribution in [0.3, 0.4) is 0 Å². The van der Waals surface area contributed by atoms with E-state index in [-0.39, 0.29) is 5.56 Å². The summed E-state index contributed by atoms with van der Waals surface area (Å²) in [5, 5.41) is 6.32. The summed E-state index contributed by atoms with van der Waals surface area (Å²) in [5.41, 5.74) is 3.96. The van der Waals surface area contributed by atoms with Gasteiger partial charge < -0.3 is 14.7 Å². The standard InChI is InChI=1S/C17H14N6O2/c1-25-13-7-6-10-4-2-3-5-11(10)12(13)8-20-23-17-21-14-15(22-17)18-9-19-16(14)24/h2-9H,1H3,(H3,18,19,21,22,23,24)/b20-8+. The minimum atomic E-state index is -0.287. The number of fused-ring (bicyclic) bond motifs is 2. The zero-order chi connectivity index (χ0) is 17.2.